The number of thiophene rings is 1. The van der Waals surface area contributed by atoms with Gasteiger partial charge in [-0.15, -0.1) is 22.9 Å². The Morgan fingerprint density at radius 2 is 1.83 bits per heavy atom. The van der Waals surface area contributed by atoms with Crippen molar-refractivity contribution in [1.29, 1.82) is 0 Å². The lowest BCUT2D eigenvalue weighted by Crippen LogP contribution is -2.27. The standard InChI is InChI=1S/C15H18ClNS/c16-9-11-17(10-8-15-7-4-12-18-15)13-14-5-2-1-3-6-14/h1-7,12H,8-11,13H2. The highest BCUT2D eigenvalue weighted by Crippen LogP contribution is 2.11. The fourth-order valence-electron chi connectivity index (χ4n) is 1.95. The molecule has 0 aliphatic carbocycles. The Morgan fingerprint density at radius 3 is 2.50 bits per heavy atom. The van der Waals surface area contributed by atoms with E-state index in [4.69, 9.17) is 11.6 Å². The minimum atomic E-state index is 0.692. The molecule has 2 aromatic rings. The highest BCUT2D eigenvalue weighted by Gasteiger charge is 2.06. The van der Waals surface area contributed by atoms with E-state index in [1.54, 1.807) is 0 Å². The highest BCUT2D eigenvalue weighted by molar-refractivity contribution is 7.09. The van der Waals surface area contributed by atoms with E-state index in [1.807, 2.05) is 11.3 Å². The minimum absolute atomic E-state index is 0.692. The van der Waals surface area contributed by atoms with Crippen molar-refractivity contribution in [3.05, 3.63) is 58.3 Å². The van der Waals surface area contributed by atoms with Crippen molar-refractivity contribution < 1.29 is 0 Å². The number of benzene rings is 1. The molecule has 1 heterocycles. The van der Waals surface area contributed by atoms with Crippen LogP contribution in [0.15, 0.2) is 47.8 Å². The molecule has 0 N–H and O–H groups in total. The molecule has 0 saturated carbocycles. The maximum atomic E-state index is 5.88. The Hall–Kier alpha value is -0.830. The van der Waals surface area contributed by atoms with Crippen LogP contribution < -0.4 is 0 Å². The molecule has 1 nitrogen and oxygen atoms in total. The predicted molar refractivity (Wildman–Crippen MR) is 80.5 cm³/mol. The Kier molecular flexibility index (Phi) is 5.72. The first-order valence-corrected chi connectivity index (χ1v) is 7.64. The molecule has 1 aromatic heterocycles. The van der Waals surface area contributed by atoms with Crippen LogP contribution in [0.25, 0.3) is 0 Å². The van der Waals surface area contributed by atoms with Gasteiger partial charge in [-0.3, -0.25) is 4.90 Å². The average molecular weight is 280 g/mol. The summed E-state index contributed by atoms with van der Waals surface area (Å²) in [6.45, 7) is 3.00. The summed E-state index contributed by atoms with van der Waals surface area (Å²) in [4.78, 5) is 3.87. The van der Waals surface area contributed by atoms with Gasteiger partial charge in [0, 0.05) is 30.4 Å². The zero-order valence-corrected chi connectivity index (χ0v) is 12.0. The van der Waals surface area contributed by atoms with Crippen LogP contribution >= 0.6 is 22.9 Å². The van der Waals surface area contributed by atoms with E-state index in [9.17, 15) is 0 Å². The Labute approximate surface area is 118 Å². The van der Waals surface area contributed by atoms with Gasteiger partial charge in [0.05, 0.1) is 0 Å². The molecule has 1 aromatic carbocycles. The van der Waals surface area contributed by atoms with E-state index in [2.05, 4.69) is 52.7 Å². The number of nitrogens with zero attached hydrogens (tertiary/aromatic N) is 1. The zero-order valence-electron chi connectivity index (χ0n) is 10.4. The molecule has 0 atom stereocenters. The molecule has 2 rings (SSSR count). The molecule has 0 radical (unpaired) electrons. The summed E-state index contributed by atoms with van der Waals surface area (Å²) in [5, 5.41) is 2.14. The van der Waals surface area contributed by atoms with E-state index in [0.29, 0.717) is 5.88 Å². The molecule has 3 heteroatoms. The lowest BCUT2D eigenvalue weighted by Gasteiger charge is -2.21. The van der Waals surface area contributed by atoms with Crippen molar-refractivity contribution in [3.63, 3.8) is 0 Å². The van der Waals surface area contributed by atoms with Crippen molar-refractivity contribution in [2.45, 2.75) is 13.0 Å². The third-order valence-corrected chi connectivity index (χ3v) is 4.01. The summed E-state index contributed by atoms with van der Waals surface area (Å²) >= 11 is 7.71. The van der Waals surface area contributed by atoms with Crippen LogP contribution in [0.1, 0.15) is 10.4 Å². The number of alkyl halides is 1. The van der Waals surface area contributed by atoms with Gasteiger partial charge in [-0.2, -0.15) is 0 Å². The van der Waals surface area contributed by atoms with Crippen LogP contribution in [0, 0.1) is 0 Å². The first-order valence-electron chi connectivity index (χ1n) is 6.23. The lowest BCUT2D eigenvalue weighted by atomic mass is 10.2. The van der Waals surface area contributed by atoms with Gasteiger partial charge in [0.1, 0.15) is 0 Å². The molecule has 0 unspecified atom stereocenters. The first-order chi connectivity index (χ1) is 8.88. The normalized spacial score (nSPS) is 11.0. The van der Waals surface area contributed by atoms with Crippen molar-refractivity contribution in [2.24, 2.45) is 0 Å². The molecule has 0 bridgehead atoms. The largest absolute Gasteiger partial charge is 0.298 e. The highest BCUT2D eigenvalue weighted by atomic mass is 35.5. The van der Waals surface area contributed by atoms with Gasteiger partial charge >= 0.3 is 0 Å². The minimum Gasteiger partial charge on any atom is -0.298 e. The number of hydrogen-bond acceptors (Lipinski definition) is 2. The van der Waals surface area contributed by atoms with Gasteiger partial charge in [0.15, 0.2) is 0 Å². The second-order valence-corrected chi connectivity index (χ2v) is 5.69. The smallest absolute Gasteiger partial charge is 0.0351 e. The van der Waals surface area contributed by atoms with E-state index in [1.165, 1.54) is 10.4 Å². The van der Waals surface area contributed by atoms with Gasteiger partial charge in [-0.05, 0) is 23.4 Å². The quantitative estimate of drug-likeness (QED) is 0.692. The fourth-order valence-corrected chi connectivity index (χ4v) is 2.89. The van der Waals surface area contributed by atoms with Gasteiger partial charge in [-0.25, -0.2) is 0 Å². The number of hydrogen-bond donors (Lipinski definition) is 0. The molecule has 0 aliphatic rings. The van der Waals surface area contributed by atoms with E-state index in [-0.39, 0.29) is 0 Å². The predicted octanol–water partition coefficient (Wildman–Crippen LogP) is 4.03. The molecule has 18 heavy (non-hydrogen) atoms. The average Bonchev–Trinajstić information content (AvgIpc) is 2.91. The maximum Gasteiger partial charge on any atom is 0.0351 e. The second-order valence-electron chi connectivity index (χ2n) is 4.28. The van der Waals surface area contributed by atoms with Crippen LogP contribution in [0.5, 0.6) is 0 Å². The van der Waals surface area contributed by atoms with Crippen LogP contribution in [-0.4, -0.2) is 23.9 Å². The molecule has 0 fully saturated rings. The van der Waals surface area contributed by atoms with Crippen LogP contribution in [0.4, 0.5) is 0 Å². The van der Waals surface area contributed by atoms with Crippen LogP contribution in [-0.2, 0) is 13.0 Å². The van der Waals surface area contributed by atoms with Gasteiger partial charge < -0.3 is 0 Å². The van der Waals surface area contributed by atoms with Crippen molar-refractivity contribution in [3.8, 4) is 0 Å². The first kappa shape index (κ1) is 13.6. The van der Waals surface area contributed by atoms with Crippen LogP contribution in [0.3, 0.4) is 0 Å². The van der Waals surface area contributed by atoms with Crippen molar-refractivity contribution >= 4 is 22.9 Å². The van der Waals surface area contributed by atoms with E-state index >= 15 is 0 Å². The van der Waals surface area contributed by atoms with Crippen molar-refractivity contribution in [1.82, 2.24) is 4.90 Å². The summed E-state index contributed by atoms with van der Waals surface area (Å²) in [6.07, 6.45) is 1.11. The Balaban J connectivity index is 1.87. The van der Waals surface area contributed by atoms with Gasteiger partial charge in [0.25, 0.3) is 0 Å². The van der Waals surface area contributed by atoms with Gasteiger partial charge in [0.2, 0.25) is 0 Å². The number of halogens is 1. The Bertz CT molecular complexity index is 427. The second kappa shape index (κ2) is 7.57. The SMILES string of the molecule is ClCCN(CCc1cccs1)Cc1ccccc1. The summed E-state index contributed by atoms with van der Waals surface area (Å²) in [6, 6.07) is 14.9. The molecule has 0 aliphatic heterocycles. The molecule has 96 valence electrons. The van der Waals surface area contributed by atoms with Crippen LogP contribution in [0.2, 0.25) is 0 Å². The third-order valence-electron chi connectivity index (χ3n) is 2.90. The lowest BCUT2D eigenvalue weighted by molar-refractivity contribution is 0.286. The molecule has 0 spiro atoms. The summed E-state index contributed by atoms with van der Waals surface area (Å²) < 4.78 is 0. The number of rotatable bonds is 7. The molecular formula is C15H18ClNS. The van der Waals surface area contributed by atoms with Gasteiger partial charge in [-0.1, -0.05) is 36.4 Å². The van der Waals surface area contributed by atoms with E-state index in [0.717, 1.165) is 26.1 Å². The fraction of sp³-hybridized carbons (Fsp3) is 0.333. The molecule has 0 amide bonds. The zero-order chi connectivity index (χ0) is 12.6. The summed E-state index contributed by atoms with van der Waals surface area (Å²) in [7, 11) is 0. The molecule has 0 saturated heterocycles. The third kappa shape index (κ3) is 4.45. The Morgan fingerprint density at radius 1 is 1.00 bits per heavy atom. The summed E-state index contributed by atoms with van der Waals surface area (Å²) in [5.41, 5.74) is 1.36. The monoisotopic (exact) mass is 279 g/mol. The topological polar surface area (TPSA) is 3.24 Å². The maximum absolute atomic E-state index is 5.88. The summed E-state index contributed by atoms with van der Waals surface area (Å²) in [5.74, 6) is 0.692. The molecular weight excluding hydrogens is 262 g/mol. The van der Waals surface area contributed by atoms with E-state index < -0.39 is 0 Å². The van der Waals surface area contributed by atoms with Crippen molar-refractivity contribution in [2.75, 3.05) is 19.0 Å².